The van der Waals surface area contributed by atoms with Crippen LogP contribution in [0.1, 0.15) is 32.6 Å². The molecule has 0 aliphatic carbocycles. The number of ketones is 1. The Balaban J connectivity index is 1.95. The predicted molar refractivity (Wildman–Crippen MR) is 87.0 cm³/mol. The molecule has 0 spiro atoms. The van der Waals surface area contributed by atoms with E-state index in [1.54, 1.807) is 0 Å². The van der Waals surface area contributed by atoms with E-state index in [-0.39, 0.29) is 5.78 Å². The van der Waals surface area contributed by atoms with E-state index in [2.05, 4.69) is 50.0 Å². The molecule has 3 rings (SSSR count). The van der Waals surface area contributed by atoms with Crippen molar-refractivity contribution < 1.29 is 4.79 Å². The average Bonchev–Trinajstić information content (AvgIpc) is 2.85. The van der Waals surface area contributed by atoms with Crippen molar-refractivity contribution >= 4 is 16.7 Å². The SMILES string of the molecule is Cc1ccc(C)c(CC(=O)c2c[nH]c3cc(C)ccc23)c1. The number of carbonyl (C=O) groups is 1. The van der Waals surface area contributed by atoms with E-state index in [4.69, 9.17) is 0 Å². The maximum Gasteiger partial charge on any atom is 0.169 e. The molecule has 1 heterocycles. The summed E-state index contributed by atoms with van der Waals surface area (Å²) >= 11 is 0. The molecule has 1 aromatic heterocycles. The van der Waals surface area contributed by atoms with Gasteiger partial charge in [-0.3, -0.25) is 4.79 Å². The van der Waals surface area contributed by atoms with Gasteiger partial charge in [0.05, 0.1) is 0 Å². The van der Waals surface area contributed by atoms with Crippen molar-refractivity contribution in [3.8, 4) is 0 Å². The largest absolute Gasteiger partial charge is 0.360 e. The van der Waals surface area contributed by atoms with Crippen LogP contribution < -0.4 is 0 Å². The zero-order chi connectivity index (χ0) is 15.0. The van der Waals surface area contributed by atoms with Gasteiger partial charge in [-0.25, -0.2) is 0 Å². The molecule has 106 valence electrons. The number of rotatable bonds is 3. The minimum Gasteiger partial charge on any atom is -0.360 e. The topological polar surface area (TPSA) is 32.9 Å². The van der Waals surface area contributed by atoms with Gasteiger partial charge in [-0.1, -0.05) is 35.9 Å². The summed E-state index contributed by atoms with van der Waals surface area (Å²) in [5.41, 5.74) is 6.48. The summed E-state index contributed by atoms with van der Waals surface area (Å²) < 4.78 is 0. The molecule has 3 aromatic rings. The third-order valence-electron chi connectivity index (χ3n) is 3.99. The number of carbonyl (C=O) groups excluding carboxylic acids is 1. The number of fused-ring (bicyclic) bond motifs is 1. The first kappa shape index (κ1) is 13.6. The van der Waals surface area contributed by atoms with Gasteiger partial charge in [-0.2, -0.15) is 0 Å². The van der Waals surface area contributed by atoms with Crippen molar-refractivity contribution in [2.45, 2.75) is 27.2 Å². The molecule has 2 heteroatoms. The second-order valence-corrected chi connectivity index (χ2v) is 5.78. The first-order valence-corrected chi connectivity index (χ1v) is 7.21. The van der Waals surface area contributed by atoms with E-state index in [1.165, 1.54) is 16.7 Å². The third-order valence-corrected chi connectivity index (χ3v) is 3.99. The monoisotopic (exact) mass is 277 g/mol. The zero-order valence-corrected chi connectivity index (χ0v) is 12.7. The molecule has 0 unspecified atom stereocenters. The van der Waals surface area contributed by atoms with Crippen LogP contribution in [0.5, 0.6) is 0 Å². The fourth-order valence-corrected chi connectivity index (χ4v) is 2.73. The van der Waals surface area contributed by atoms with Crippen LogP contribution in [-0.4, -0.2) is 10.8 Å². The molecule has 1 N–H and O–H groups in total. The normalized spacial score (nSPS) is 11.0. The lowest BCUT2D eigenvalue weighted by atomic mass is 9.97. The maximum absolute atomic E-state index is 12.6. The molecule has 0 amide bonds. The van der Waals surface area contributed by atoms with Gasteiger partial charge in [0.15, 0.2) is 5.78 Å². The molecule has 0 saturated carbocycles. The number of H-pyrrole nitrogens is 1. The Kier molecular flexibility index (Phi) is 3.38. The van der Waals surface area contributed by atoms with Crippen LogP contribution in [0.25, 0.3) is 10.9 Å². The predicted octanol–water partition coefficient (Wildman–Crippen LogP) is 4.52. The molecule has 2 nitrogen and oxygen atoms in total. The minimum absolute atomic E-state index is 0.166. The van der Waals surface area contributed by atoms with Crippen molar-refractivity contribution in [2.75, 3.05) is 0 Å². The van der Waals surface area contributed by atoms with Gasteiger partial charge in [-0.05, 0) is 43.5 Å². The summed E-state index contributed by atoms with van der Waals surface area (Å²) in [5.74, 6) is 0.166. The fraction of sp³-hybridized carbons (Fsp3) is 0.211. The molecule has 2 aromatic carbocycles. The van der Waals surface area contributed by atoms with Crippen molar-refractivity contribution in [1.82, 2.24) is 4.98 Å². The highest BCUT2D eigenvalue weighted by atomic mass is 16.1. The summed E-state index contributed by atoms with van der Waals surface area (Å²) in [6.07, 6.45) is 2.28. The molecule has 0 bridgehead atoms. The molecule has 0 fully saturated rings. The quantitative estimate of drug-likeness (QED) is 0.701. The molecule has 0 radical (unpaired) electrons. The van der Waals surface area contributed by atoms with E-state index in [0.717, 1.165) is 22.0 Å². The van der Waals surface area contributed by atoms with Crippen LogP contribution in [0.4, 0.5) is 0 Å². The van der Waals surface area contributed by atoms with Crippen LogP contribution in [0.2, 0.25) is 0 Å². The lowest BCUT2D eigenvalue weighted by Crippen LogP contribution is -2.04. The highest BCUT2D eigenvalue weighted by Crippen LogP contribution is 2.22. The molecule has 0 aliphatic rings. The van der Waals surface area contributed by atoms with Gasteiger partial charge >= 0.3 is 0 Å². The van der Waals surface area contributed by atoms with E-state index in [0.29, 0.717) is 6.42 Å². The standard InChI is InChI=1S/C19H19NO/c1-12-4-6-14(3)15(8-12)10-19(21)17-11-20-18-9-13(2)5-7-16(17)18/h4-9,11,20H,10H2,1-3H3. The first-order chi connectivity index (χ1) is 10.0. The maximum atomic E-state index is 12.6. The Morgan fingerprint density at radius 2 is 1.71 bits per heavy atom. The minimum atomic E-state index is 0.166. The van der Waals surface area contributed by atoms with E-state index < -0.39 is 0 Å². The summed E-state index contributed by atoms with van der Waals surface area (Å²) in [6, 6.07) is 12.4. The van der Waals surface area contributed by atoms with Crippen LogP contribution in [0, 0.1) is 20.8 Å². The Morgan fingerprint density at radius 3 is 2.52 bits per heavy atom. The lowest BCUT2D eigenvalue weighted by Gasteiger charge is -2.06. The van der Waals surface area contributed by atoms with Crippen LogP contribution in [0.15, 0.2) is 42.6 Å². The van der Waals surface area contributed by atoms with E-state index in [9.17, 15) is 4.79 Å². The van der Waals surface area contributed by atoms with Crippen molar-refractivity contribution in [3.63, 3.8) is 0 Å². The highest BCUT2D eigenvalue weighted by molar-refractivity contribution is 6.08. The molecule has 0 atom stereocenters. The number of hydrogen-bond acceptors (Lipinski definition) is 1. The summed E-state index contributed by atoms with van der Waals surface area (Å²) in [5, 5.41) is 1.01. The van der Waals surface area contributed by atoms with E-state index >= 15 is 0 Å². The van der Waals surface area contributed by atoms with Gasteiger partial charge in [0.25, 0.3) is 0 Å². The number of benzene rings is 2. The van der Waals surface area contributed by atoms with Crippen LogP contribution >= 0.6 is 0 Å². The summed E-state index contributed by atoms with van der Waals surface area (Å²) in [6.45, 7) is 6.17. The Bertz CT molecular complexity index is 827. The Morgan fingerprint density at radius 1 is 1.00 bits per heavy atom. The number of hydrogen-bond donors (Lipinski definition) is 1. The zero-order valence-electron chi connectivity index (χ0n) is 12.7. The third kappa shape index (κ3) is 2.62. The number of aromatic amines is 1. The van der Waals surface area contributed by atoms with E-state index in [1.807, 2.05) is 18.3 Å². The number of Topliss-reactive ketones (excluding diaryl/α,β-unsaturated/α-hetero) is 1. The molecular weight excluding hydrogens is 258 g/mol. The second kappa shape index (κ2) is 5.21. The van der Waals surface area contributed by atoms with Crippen molar-refractivity contribution in [1.29, 1.82) is 0 Å². The highest BCUT2D eigenvalue weighted by Gasteiger charge is 2.13. The Labute approximate surface area is 124 Å². The van der Waals surface area contributed by atoms with Gasteiger partial charge in [0.1, 0.15) is 0 Å². The lowest BCUT2D eigenvalue weighted by molar-refractivity contribution is 0.0994. The summed E-state index contributed by atoms with van der Waals surface area (Å²) in [4.78, 5) is 15.8. The molecule has 21 heavy (non-hydrogen) atoms. The number of nitrogens with one attached hydrogen (secondary N) is 1. The molecule has 0 aliphatic heterocycles. The van der Waals surface area contributed by atoms with Gasteiger partial charge in [-0.15, -0.1) is 0 Å². The number of aromatic nitrogens is 1. The Hall–Kier alpha value is -2.35. The van der Waals surface area contributed by atoms with Crippen LogP contribution in [0.3, 0.4) is 0 Å². The molecule has 0 saturated heterocycles. The van der Waals surface area contributed by atoms with Gasteiger partial charge in [0.2, 0.25) is 0 Å². The van der Waals surface area contributed by atoms with Crippen molar-refractivity contribution in [2.24, 2.45) is 0 Å². The van der Waals surface area contributed by atoms with Gasteiger partial charge in [0, 0.05) is 29.1 Å². The number of aryl methyl sites for hydroxylation is 3. The van der Waals surface area contributed by atoms with Crippen molar-refractivity contribution in [3.05, 3.63) is 70.4 Å². The average molecular weight is 277 g/mol. The fourth-order valence-electron chi connectivity index (χ4n) is 2.73. The second-order valence-electron chi connectivity index (χ2n) is 5.78. The molecular formula is C19H19NO. The summed E-state index contributed by atoms with van der Waals surface area (Å²) in [7, 11) is 0. The van der Waals surface area contributed by atoms with Crippen LogP contribution in [-0.2, 0) is 6.42 Å². The smallest absolute Gasteiger partial charge is 0.169 e. The van der Waals surface area contributed by atoms with Gasteiger partial charge < -0.3 is 4.98 Å². The first-order valence-electron chi connectivity index (χ1n) is 7.21.